The van der Waals surface area contributed by atoms with E-state index in [9.17, 15) is 5.11 Å². The average Bonchev–Trinajstić information content (AvgIpc) is 2.78. The Morgan fingerprint density at radius 1 is 1.31 bits per heavy atom. The maximum absolute atomic E-state index is 10.0. The Hall–Kier alpha value is -0.530. The van der Waals surface area contributed by atoms with E-state index in [1.807, 2.05) is 26.0 Å². The molecule has 70 valence electrons. The minimum absolute atomic E-state index is 0.618. The van der Waals surface area contributed by atoms with Gasteiger partial charge in [0.25, 0.3) is 0 Å². The summed E-state index contributed by atoms with van der Waals surface area (Å²) in [7, 11) is 0. The van der Waals surface area contributed by atoms with Crippen LogP contribution in [0.15, 0.2) is 12.1 Å². The predicted octanol–water partition coefficient (Wildman–Crippen LogP) is 2.94. The van der Waals surface area contributed by atoms with Gasteiger partial charge in [0.15, 0.2) is 0 Å². The van der Waals surface area contributed by atoms with E-state index < -0.39 is 5.60 Å². The van der Waals surface area contributed by atoms with Crippen LogP contribution in [0.4, 0.5) is 0 Å². The molecule has 1 aromatic carbocycles. The van der Waals surface area contributed by atoms with Crippen LogP contribution in [0, 0.1) is 13.8 Å². The summed E-state index contributed by atoms with van der Waals surface area (Å²) in [5.74, 6) is 0. The Labute approximate surface area is 83.3 Å². The van der Waals surface area contributed by atoms with Gasteiger partial charge in [-0.1, -0.05) is 17.7 Å². The zero-order chi connectivity index (χ0) is 9.64. The van der Waals surface area contributed by atoms with Crippen molar-refractivity contribution >= 4 is 11.6 Å². The number of aliphatic hydroxyl groups is 1. The largest absolute Gasteiger partial charge is 0.385 e. The third-order valence-corrected chi connectivity index (χ3v) is 3.19. The first-order valence-corrected chi connectivity index (χ1v) is 4.91. The molecule has 1 aliphatic rings. The summed E-state index contributed by atoms with van der Waals surface area (Å²) in [6, 6.07) is 3.86. The van der Waals surface area contributed by atoms with Gasteiger partial charge in [-0.15, -0.1) is 0 Å². The second kappa shape index (κ2) is 2.73. The van der Waals surface area contributed by atoms with E-state index in [2.05, 4.69) is 0 Å². The minimum Gasteiger partial charge on any atom is -0.385 e. The second-order valence-electron chi connectivity index (χ2n) is 3.90. The standard InChI is InChI=1S/C11H13ClO/c1-7-3-4-9(12)10(8(7)2)11(13)5-6-11/h3-4,13H,5-6H2,1-2H3. The highest BCUT2D eigenvalue weighted by Gasteiger charge is 2.44. The summed E-state index contributed by atoms with van der Waals surface area (Å²) in [5.41, 5.74) is 2.65. The average molecular weight is 197 g/mol. The van der Waals surface area contributed by atoms with E-state index in [1.165, 1.54) is 5.56 Å². The topological polar surface area (TPSA) is 20.2 Å². The lowest BCUT2D eigenvalue weighted by atomic mass is 9.98. The first-order chi connectivity index (χ1) is 6.04. The molecule has 1 saturated carbocycles. The van der Waals surface area contributed by atoms with Gasteiger partial charge in [-0.05, 0) is 43.9 Å². The third-order valence-electron chi connectivity index (χ3n) is 2.87. The van der Waals surface area contributed by atoms with Gasteiger partial charge in [-0.25, -0.2) is 0 Å². The van der Waals surface area contributed by atoms with Crippen LogP contribution in [-0.4, -0.2) is 5.11 Å². The van der Waals surface area contributed by atoms with Crippen LogP contribution in [0.3, 0.4) is 0 Å². The van der Waals surface area contributed by atoms with Gasteiger partial charge < -0.3 is 5.11 Å². The lowest BCUT2D eigenvalue weighted by Gasteiger charge is -2.15. The monoisotopic (exact) mass is 196 g/mol. The van der Waals surface area contributed by atoms with Crippen molar-refractivity contribution in [1.29, 1.82) is 0 Å². The van der Waals surface area contributed by atoms with Gasteiger partial charge in [-0.3, -0.25) is 0 Å². The molecule has 0 spiro atoms. The molecule has 0 radical (unpaired) electrons. The molecule has 2 rings (SSSR count). The fraction of sp³-hybridized carbons (Fsp3) is 0.455. The Bertz CT molecular complexity index is 353. The van der Waals surface area contributed by atoms with Crippen LogP contribution < -0.4 is 0 Å². The van der Waals surface area contributed by atoms with Gasteiger partial charge in [-0.2, -0.15) is 0 Å². The molecule has 13 heavy (non-hydrogen) atoms. The van der Waals surface area contributed by atoms with Crippen molar-refractivity contribution in [2.45, 2.75) is 32.3 Å². The Morgan fingerprint density at radius 3 is 2.46 bits per heavy atom. The maximum atomic E-state index is 10.0. The normalized spacial score (nSPS) is 18.8. The molecule has 0 aliphatic heterocycles. The Balaban J connectivity index is 2.61. The molecule has 0 heterocycles. The van der Waals surface area contributed by atoms with Gasteiger partial charge in [0.1, 0.15) is 0 Å². The Kier molecular flexibility index (Phi) is 1.90. The molecule has 0 atom stereocenters. The number of benzene rings is 1. The lowest BCUT2D eigenvalue weighted by Crippen LogP contribution is -2.08. The predicted molar refractivity (Wildman–Crippen MR) is 54.1 cm³/mol. The highest BCUT2D eigenvalue weighted by Crippen LogP contribution is 2.49. The lowest BCUT2D eigenvalue weighted by molar-refractivity contribution is 0.151. The zero-order valence-electron chi connectivity index (χ0n) is 7.89. The van der Waals surface area contributed by atoms with Gasteiger partial charge in [0.05, 0.1) is 5.60 Å². The van der Waals surface area contributed by atoms with Gasteiger partial charge in [0.2, 0.25) is 0 Å². The SMILES string of the molecule is Cc1ccc(Cl)c(C2(O)CC2)c1C. The van der Waals surface area contributed by atoms with Crippen molar-refractivity contribution in [2.75, 3.05) is 0 Å². The molecular weight excluding hydrogens is 184 g/mol. The second-order valence-corrected chi connectivity index (χ2v) is 4.30. The van der Waals surface area contributed by atoms with Crippen LogP contribution in [0.25, 0.3) is 0 Å². The summed E-state index contributed by atoms with van der Waals surface area (Å²) in [6.45, 7) is 4.06. The van der Waals surface area contributed by atoms with Crippen molar-refractivity contribution in [3.8, 4) is 0 Å². The van der Waals surface area contributed by atoms with Crippen molar-refractivity contribution < 1.29 is 5.11 Å². The summed E-state index contributed by atoms with van der Waals surface area (Å²) in [5, 5.41) is 10.7. The molecule has 1 aliphatic carbocycles. The van der Waals surface area contributed by atoms with Gasteiger partial charge >= 0.3 is 0 Å². The highest BCUT2D eigenvalue weighted by molar-refractivity contribution is 6.31. The number of hydrogen-bond donors (Lipinski definition) is 1. The van der Waals surface area contributed by atoms with Crippen LogP contribution >= 0.6 is 11.6 Å². The number of rotatable bonds is 1. The number of halogens is 1. The van der Waals surface area contributed by atoms with Gasteiger partial charge in [0, 0.05) is 10.6 Å². The molecule has 1 nitrogen and oxygen atoms in total. The molecule has 1 aromatic rings. The number of hydrogen-bond acceptors (Lipinski definition) is 1. The first-order valence-electron chi connectivity index (χ1n) is 4.53. The molecular formula is C11H13ClO. The van der Waals surface area contributed by atoms with Crippen molar-refractivity contribution in [2.24, 2.45) is 0 Å². The molecule has 0 aromatic heterocycles. The molecule has 0 saturated heterocycles. The van der Waals surface area contributed by atoms with E-state index in [4.69, 9.17) is 11.6 Å². The van der Waals surface area contributed by atoms with E-state index in [1.54, 1.807) is 0 Å². The van der Waals surface area contributed by atoms with Crippen molar-refractivity contribution in [3.05, 3.63) is 33.8 Å². The molecule has 1 fully saturated rings. The summed E-state index contributed by atoms with van der Waals surface area (Å²) < 4.78 is 0. The quantitative estimate of drug-likeness (QED) is 0.733. The first kappa shape index (κ1) is 9.04. The fourth-order valence-electron chi connectivity index (χ4n) is 1.72. The minimum atomic E-state index is -0.618. The van der Waals surface area contributed by atoms with Crippen molar-refractivity contribution in [1.82, 2.24) is 0 Å². The third kappa shape index (κ3) is 1.36. The number of aryl methyl sites for hydroxylation is 1. The maximum Gasteiger partial charge on any atom is 0.0915 e. The van der Waals surface area contributed by atoms with E-state index in [0.717, 1.165) is 24.0 Å². The van der Waals surface area contributed by atoms with Crippen LogP contribution in [0.1, 0.15) is 29.5 Å². The Morgan fingerprint density at radius 2 is 1.92 bits per heavy atom. The molecule has 1 N–H and O–H groups in total. The van der Waals surface area contributed by atoms with E-state index in [0.29, 0.717) is 5.02 Å². The smallest absolute Gasteiger partial charge is 0.0915 e. The summed E-state index contributed by atoms with van der Waals surface area (Å²) >= 11 is 6.07. The van der Waals surface area contributed by atoms with Crippen LogP contribution in [0.5, 0.6) is 0 Å². The fourth-order valence-corrected chi connectivity index (χ4v) is 2.10. The highest BCUT2D eigenvalue weighted by atomic mass is 35.5. The van der Waals surface area contributed by atoms with Crippen molar-refractivity contribution in [3.63, 3.8) is 0 Å². The van der Waals surface area contributed by atoms with Crippen LogP contribution in [0.2, 0.25) is 5.02 Å². The zero-order valence-corrected chi connectivity index (χ0v) is 8.65. The van der Waals surface area contributed by atoms with E-state index >= 15 is 0 Å². The molecule has 2 heteroatoms. The molecule has 0 amide bonds. The van der Waals surface area contributed by atoms with E-state index in [-0.39, 0.29) is 0 Å². The molecule has 0 unspecified atom stereocenters. The molecule has 0 bridgehead atoms. The summed E-state index contributed by atoms with van der Waals surface area (Å²) in [6.07, 6.45) is 1.69. The van der Waals surface area contributed by atoms with Crippen LogP contribution in [-0.2, 0) is 5.60 Å². The summed E-state index contributed by atoms with van der Waals surface area (Å²) in [4.78, 5) is 0.